The van der Waals surface area contributed by atoms with Gasteiger partial charge in [-0.1, -0.05) is 12.1 Å². The first-order valence-corrected chi connectivity index (χ1v) is 11.5. The number of imidazole rings is 1. The second-order valence-corrected chi connectivity index (χ2v) is 9.60. The van der Waals surface area contributed by atoms with Crippen LogP contribution in [0.3, 0.4) is 0 Å². The first-order chi connectivity index (χ1) is 17.6. The number of Topliss-reactive ketones (excluding diaryl/α,β-unsaturated/α-hetero) is 1. The minimum atomic E-state index is -4.76. The predicted molar refractivity (Wildman–Crippen MR) is 137 cm³/mol. The number of ether oxygens (including phenoxy) is 1. The second-order valence-electron chi connectivity index (χ2n) is 9.60. The number of hydrogen-bond donors (Lipinski definition) is 2. The first kappa shape index (κ1) is 28.2. The molecule has 0 radical (unpaired) electrons. The van der Waals surface area contributed by atoms with Crippen molar-refractivity contribution in [1.82, 2.24) is 9.55 Å². The molecule has 0 aliphatic rings. The van der Waals surface area contributed by atoms with Gasteiger partial charge in [0.05, 0.1) is 35.4 Å². The summed E-state index contributed by atoms with van der Waals surface area (Å²) in [6.45, 7) is 4.88. The Kier molecular flexibility index (Phi) is 8.13. The number of anilines is 3. The number of halogens is 3. The van der Waals surface area contributed by atoms with Crippen LogP contribution in [-0.4, -0.2) is 47.0 Å². The van der Waals surface area contributed by atoms with Crippen LogP contribution in [-0.2, 0) is 15.7 Å². The fourth-order valence-corrected chi connectivity index (χ4v) is 3.50. The molecule has 9 nitrogen and oxygen atoms in total. The number of aromatic nitrogens is 2. The zero-order chi connectivity index (χ0) is 28.3. The number of ketones is 1. The lowest BCUT2D eigenvalue weighted by atomic mass is 10.1. The molecule has 2 aromatic carbocycles. The number of rotatable bonds is 7. The van der Waals surface area contributed by atoms with Gasteiger partial charge in [0.15, 0.2) is 5.78 Å². The van der Waals surface area contributed by atoms with Gasteiger partial charge in [-0.15, -0.1) is 0 Å². The average Bonchev–Trinajstić information content (AvgIpc) is 3.33. The molecule has 2 N–H and O–H groups in total. The molecule has 1 aromatic heterocycles. The van der Waals surface area contributed by atoms with Crippen LogP contribution in [0.15, 0.2) is 55.1 Å². The fourth-order valence-electron chi connectivity index (χ4n) is 3.50. The van der Waals surface area contributed by atoms with E-state index in [1.807, 2.05) is 0 Å². The smallest absolute Gasteiger partial charge is 0.418 e. The molecule has 0 bridgehead atoms. The molecule has 38 heavy (non-hydrogen) atoms. The van der Waals surface area contributed by atoms with Gasteiger partial charge in [0.25, 0.3) is 0 Å². The molecule has 0 aliphatic carbocycles. The van der Waals surface area contributed by atoms with Crippen LogP contribution in [0.4, 0.5) is 35.0 Å². The van der Waals surface area contributed by atoms with Crippen LogP contribution in [0.5, 0.6) is 0 Å². The van der Waals surface area contributed by atoms with Gasteiger partial charge in [-0.25, -0.2) is 9.78 Å². The maximum absolute atomic E-state index is 13.8. The van der Waals surface area contributed by atoms with E-state index >= 15 is 0 Å². The minimum Gasteiger partial charge on any atom is -0.444 e. The minimum absolute atomic E-state index is 0.126. The summed E-state index contributed by atoms with van der Waals surface area (Å²) in [4.78, 5) is 43.1. The summed E-state index contributed by atoms with van der Waals surface area (Å²) in [5.74, 6) is -1.41. The molecule has 1 heterocycles. The van der Waals surface area contributed by atoms with Crippen LogP contribution < -0.4 is 15.5 Å². The number of benzene rings is 2. The summed E-state index contributed by atoms with van der Waals surface area (Å²) in [6.07, 6.45) is -1.52. The summed E-state index contributed by atoms with van der Waals surface area (Å²) < 4.78 is 48.3. The molecule has 0 saturated carbocycles. The molecule has 0 saturated heterocycles. The van der Waals surface area contributed by atoms with Gasteiger partial charge in [-0.05, 0) is 45.0 Å². The van der Waals surface area contributed by atoms with Crippen molar-refractivity contribution in [3.05, 3.63) is 66.2 Å². The number of amides is 2. The number of nitrogens with one attached hydrogen (secondary N) is 2. The summed E-state index contributed by atoms with van der Waals surface area (Å²) in [7, 11) is 2.83. The molecule has 202 valence electrons. The van der Waals surface area contributed by atoms with Crippen LogP contribution in [0.25, 0.3) is 5.69 Å². The average molecular weight is 532 g/mol. The highest BCUT2D eigenvalue weighted by Crippen LogP contribution is 2.41. The molecular weight excluding hydrogens is 503 g/mol. The van der Waals surface area contributed by atoms with Gasteiger partial charge >= 0.3 is 12.3 Å². The summed E-state index contributed by atoms with van der Waals surface area (Å²) in [5, 5.41) is 4.73. The van der Waals surface area contributed by atoms with Crippen molar-refractivity contribution in [2.45, 2.75) is 39.0 Å². The van der Waals surface area contributed by atoms with E-state index in [1.54, 1.807) is 62.3 Å². The Morgan fingerprint density at radius 1 is 1.03 bits per heavy atom. The molecule has 0 aliphatic heterocycles. The Hall–Kier alpha value is -4.35. The molecule has 0 fully saturated rings. The Morgan fingerprint density at radius 3 is 2.29 bits per heavy atom. The van der Waals surface area contributed by atoms with Crippen molar-refractivity contribution < 1.29 is 32.3 Å². The number of hydrogen-bond acceptors (Lipinski definition) is 6. The van der Waals surface area contributed by atoms with Crippen molar-refractivity contribution in [2.24, 2.45) is 0 Å². The Bertz CT molecular complexity index is 1330. The van der Waals surface area contributed by atoms with Gasteiger partial charge in [0, 0.05) is 37.7 Å². The van der Waals surface area contributed by atoms with E-state index in [0.717, 1.165) is 6.07 Å². The summed E-state index contributed by atoms with van der Waals surface area (Å²) in [6, 6.07) is 8.28. The highest BCUT2D eigenvalue weighted by molar-refractivity contribution is 6.12. The van der Waals surface area contributed by atoms with Gasteiger partial charge < -0.3 is 19.5 Å². The van der Waals surface area contributed by atoms with Crippen LogP contribution in [0, 0.1) is 0 Å². The van der Waals surface area contributed by atoms with Crippen LogP contribution >= 0.6 is 0 Å². The lowest BCUT2D eigenvalue weighted by Gasteiger charge is -2.24. The lowest BCUT2D eigenvalue weighted by Crippen LogP contribution is -2.28. The molecule has 12 heteroatoms. The molecular formula is C26H28F3N5O4. The van der Waals surface area contributed by atoms with Gasteiger partial charge in [0.2, 0.25) is 5.91 Å². The van der Waals surface area contributed by atoms with Crippen molar-refractivity contribution in [3.8, 4) is 5.69 Å². The van der Waals surface area contributed by atoms with E-state index in [0.29, 0.717) is 11.8 Å². The normalized spacial score (nSPS) is 11.6. The first-order valence-electron chi connectivity index (χ1n) is 11.5. The second kappa shape index (κ2) is 11.0. The third-order valence-electron chi connectivity index (χ3n) is 5.12. The Morgan fingerprint density at radius 2 is 1.71 bits per heavy atom. The zero-order valence-corrected chi connectivity index (χ0v) is 21.5. The predicted octanol–water partition coefficient (Wildman–Crippen LogP) is 5.52. The Balaban J connectivity index is 1.89. The largest absolute Gasteiger partial charge is 0.444 e. The van der Waals surface area contributed by atoms with E-state index in [-0.39, 0.29) is 22.6 Å². The van der Waals surface area contributed by atoms with Crippen LogP contribution in [0.2, 0.25) is 0 Å². The van der Waals surface area contributed by atoms with E-state index in [1.165, 1.54) is 25.1 Å². The highest BCUT2D eigenvalue weighted by Gasteiger charge is 2.36. The molecule has 0 atom stereocenters. The standard InChI is InChI=1S/C26H28F3N5O4/c1-25(2,3)38-24(37)32-20-13-21(33(4)5)18(26(27,28)29)12-19(20)31-23(36)14-22(35)16-7-6-8-17(11-16)34-10-9-30-15-34/h6-13,15H,14H2,1-5H3,(H,31,36)(H,32,37). The van der Waals surface area contributed by atoms with Crippen molar-refractivity contribution >= 4 is 34.8 Å². The number of alkyl halides is 3. The third-order valence-corrected chi connectivity index (χ3v) is 5.12. The maximum atomic E-state index is 13.8. The summed E-state index contributed by atoms with van der Waals surface area (Å²) in [5.41, 5.74) is -1.73. The van der Waals surface area contributed by atoms with E-state index in [2.05, 4.69) is 15.6 Å². The van der Waals surface area contributed by atoms with E-state index in [4.69, 9.17) is 4.74 Å². The fraction of sp³-hybridized carbons (Fsp3) is 0.308. The molecule has 3 aromatic rings. The number of nitrogens with zero attached hydrogens (tertiary/aromatic N) is 3. The maximum Gasteiger partial charge on any atom is 0.418 e. The number of carbonyl (C=O) groups is 3. The van der Waals surface area contributed by atoms with Crippen LogP contribution in [0.1, 0.15) is 43.1 Å². The van der Waals surface area contributed by atoms with E-state index in [9.17, 15) is 27.6 Å². The molecule has 0 spiro atoms. The monoisotopic (exact) mass is 531 g/mol. The van der Waals surface area contributed by atoms with Gasteiger partial charge in [-0.3, -0.25) is 14.9 Å². The topological polar surface area (TPSA) is 106 Å². The van der Waals surface area contributed by atoms with Gasteiger partial charge in [-0.2, -0.15) is 13.2 Å². The summed E-state index contributed by atoms with van der Waals surface area (Å²) >= 11 is 0. The third kappa shape index (κ3) is 7.34. The lowest BCUT2D eigenvalue weighted by molar-refractivity contribution is -0.137. The van der Waals surface area contributed by atoms with E-state index < -0.39 is 41.5 Å². The van der Waals surface area contributed by atoms with Crippen molar-refractivity contribution in [2.75, 3.05) is 29.6 Å². The molecule has 2 amide bonds. The Labute approximate surface area is 217 Å². The molecule has 0 unspecified atom stereocenters. The van der Waals surface area contributed by atoms with Crippen molar-refractivity contribution in [1.29, 1.82) is 0 Å². The highest BCUT2D eigenvalue weighted by atomic mass is 19.4. The zero-order valence-electron chi connectivity index (χ0n) is 21.5. The SMILES string of the molecule is CN(C)c1cc(NC(=O)OC(C)(C)C)c(NC(=O)CC(=O)c2cccc(-n3ccnc3)c2)cc1C(F)(F)F. The quantitative estimate of drug-likeness (QED) is 0.308. The molecule has 3 rings (SSSR count). The number of carbonyl (C=O) groups excluding carboxylic acids is 3. The van der Waals surface area contributed by atoms with Crippen molar-refractivity contribution in [3.63, 3.8) is 0 Å². The van der Waals surface area contributed by atoms with Gasteiger partial charge in [0.1, 0.15) is 5.60 Å².